The molecule has 0 aliphatic carbocycles. The summed E-state index contributed by atoms with van der Waals surface area (Å²) in [6, 6.07) is 55.6. The van der Waals surface area contributed by atoms with Gasteiger partial charge in [0.15, 0.2) is 7.14 Å². The Bertz CT molecular complexity index is 2720. The number of hydrogen-bond donors (Lipinski definition) is 0. The number of para-hydroxylation sites is 1. The third-order valence-corrected chi connectivity index (χ3v) is 14.0. The molecule has 0 saturated heterocycles. The van der Waals surface area contributed by atoms with E-state index in [4.69, 9.17) is 0 Å². The molecule has 1 atom stereocenters. The van der Waals surface area contributed by atoms with Crippen LogP contribution in [0.4, 0.5) is 0 Å². The molecule has 216 valence electrons. The van der Waals surface area contributed by atoms with E-state index in [9.17, 15) is 0 Å². The number of thiophene rings is 1. The van der Waals surface area contributed by atoms with E-state index in [0.29, 0.717) is 0 Å². The van der Waals surface area contributed by atoms with Crippen molar-refractivity contribution < 1.29 is 4.57 Å². The SMILES string of the molecule is O=P1(c2ccccc2)c2ccccc2-c2cc3c(cc21)c1ccccc1n3-c1ccc(-c2cccc3c2sc2ccccc23)cc1. The Morgan fingerprint density at radius 2 is 1.17 bits per heavy atom. The molecule has 0 fully saturated rings. The highest BCUT2D eigenvalue weighted by Gasteiger charge is 2.40. The molecule has 4 heteroatoms. The van der Waals surface area contributed by atoms with E-state index in [1.165, 1.54) is 31.3 Å². The highest BCUT2D eigenvalue weighted by molar-refractivity contribution is 7.86. The Hall–Kier alpha value is -5.21. The third kappa shape index (κ3) is 3.50. The second kappa shape index (κ2) is 9.64. The van der Waals surface area contributed by atoms with Crippen molar-refractivity contribution in [1.29, 1.82) is 0 Å². The lowest BCUT2D eigenvalue weighted by Gasteiger charge is -2.16. The minimum absolute atomic E-state index is 0.883. The number of nitrogens with zero attached hydrogens (tertiary/aromatic N) is 1. The van der Waals surface area contributed by atoms with Crippen molar-refractivity contribution in [3.63, 3.8) is 0 Å². The Morgan fingerprint density at radius 1 is 0.478 bits per heavy atom. The summed E-state index contributed by atoms with van der Waals surface area (Å²) in [5, 5.41) is 7.66. The molecule has 2 nitrogen and oxygen atoms in total. The van der Waals surface area contributed by atoms with Crippen molar-refractivity contribution in [2.45, 2.75) is 0 Å². The van der Waals surface area contributed by atoms with E-state index in [0.717, 1.165) is 54.5 Å². The average Bonchev–Trinajstić information content (AvgIpc) is 3.74. The van der Waals surface area contributed by atoms with E-state index in [1.54, 1.807) is 0 Å². The maximum absolute atomic E-state index is 15.2. The molecule has 1 aliphatic rings. The summed E-state index contributed by atoms with van der Waals surface area (Å²) in [6.45, 7) is 0. The summed E-state index contributed by atoms with van der Waals surface area (Å²) in [5.74, 6) is 0. The van der Waals surface area contributed by atoms with E-state index in [-0.39, 0.29) is 0 Å². The quantitative estimate of drug-likeness (QED) is 0.180. The zero-order valence-corrected chi connectivity index (χ0v) is 26.4. The predicted molar refractivity (Wildman–Crippen MR) is 197 cm³/mol. The van der Waals surface area contributed by atoms with Gasteiger partial charge in [-0.1, -0.05) is 121 Å². The minimum Gasteiger partial charge on any atom is -0.309 e. The molecule has 1 aliphatic heterocycles. The molecule has 2 aromatic heterocycles. The fourth-order valence-electron chi connectivity index (χ4n) is 7.54. The molecule has 0 bridgehead atoms. The van der Waals surface area contributed by atoms with Crippen LogP contribution in [0.15, 0.2) is 158 Å². The van der Waals surface area contributed by atoms with Crippen LogP contribution in [0.2, 0.25) is 0 Å². The number of hydrogen-bond acceptors (Lipinski definition) is 2. The van der Waals surface area contributed by atoms with Crippen molar-refractivity contribution in [3.05, 3.63) is 158 Å². The van der Waals surface area contributed by atoms with Crippen molar-refractivity contribution in [2.24, 2.45) is 0 Å². The first kappa shape index (κ1) is 26.1. The fraction of sp³-hybridized carbons (Fsp3) is 0. The lowest BCUT2D eigenvalue weighted by atomic mass is 10.0. The molecule has 7 aromatic carbocycles. The highest BCUT2D eigenvalue weighted by Crippen LogP contribution is 2.53. The van der Waals surface area contributed by atoms with Crippen molar-refractivity contribution in [2.75, 3.05) is 0 Å². The van der Waals surface area contributed by atoms with Crippen LogP contribution in [-0.2, 0) is 4.57 Å². The van der Waals surface area contributed by atoms with Crippen LogP contribution in [0.3, 0.4) is 0 Å². The van der Waals surface area contributed by atoms with Crippen molar-refractivity contribution in [3.8, 4) is 27.9 Å². The van der Waals surface area contributed by atoms with Gasteiger partial charge in [-0.2, -0.15) is 0 Å². The number of rotatable bonds is 3. The Balaban J connectivity index is 1.19. The van der Waals surface area contributed by atoms with Gasteiger partial charge in [0.05, 0.1) is 11.0 Å². The Labute approximate surface area is 270 Å². The zero-order valence-electron chi connectivity index (χ0n) is 24.7. The first-order valence-electron chi connectivity index (χ1n) is 15.5. The molecular weight excluding hydrogens is 598 g/mol. The van der Waals surface area contributed by atoms with Crippen LogP contribution in [0.5, 0.6) is 0 Å². The molecule has 10 rings (SSSR count). The topological polar surface area (TPSA) is 22.0 Å². The predicted octanol–water partition coefficient (Wildman–Crippen LogP) is 10.4. The molecule has 0 amide bonds. The van der Waals surface area contributed by atoms with Crippen molar-refractivity contribution in [1.82, 2.24) is 4.57 Å². The van der Waals surface area contributed by atoms with Gasteiger partial charge in [-0.15, -0.1) is 11.3 Å². The largest absolute Gasteiger partial charge is 0.309 e. The Morgan fingerprint density at radius 3 is 2.04 bits per heavy atom. The normalized spacial score (nSPS) is 15.6. The summed E-state index contributed by atoms with van der Waals surface area (Å²) < 4.78 is 20.2. The van der Waals surface area contributed by atoms with Crippen LogP contribution in [0.25, 0.3) is 69.9 Å². The molecule has 9 aromatic rings. The first-order chi connectivity index (χ1) is 22.7. The number of aromatic nitrogens is 1. The fourth-order valence-corrected chi connectivity index (χ4v) is 11.9. The first-order valence-corrected chi connectivity index (χ1v) is 18.1. The molecular formula is C42H26NOPS. The van der Waals surface area contributed by atoms with E-state index >= 15 is 4.57 Å². The molecule has 0 saturated carbocycles. The average molecular weight is 624 g/mol. The molecule has 1 unspecified atom stereocenters. The molecule has 3 heterocycles. The van der Waals surface area contributed by atoms with Gasteiger partial charge in [0, 0.05) is 52.5 Å². The van der Waals surface area contributed by atoms with Gasteiger partial charge < -0.3 is 9.13 Å². The summed E-state index contributed by atoms with van der Waals surface area (Å²) in [5.41, 5.74) is 7.97. The van der Waals surface area contributed by atoms with Crippen LogP contribution >= 0.6 is 18.5 Å². The molecule has 0 spiro atoms. The second-order valence-corrected chi connectivity index (χ2v) is 15.8. The van der Waals surface area contributed by atoms with E-state index < -0.39 is 7.14 Å². The second-order valence-electron chi connectivity index (χ2n) is 12.0. The Kier molecular flexibility index (Phi) is 5.46. The van der Waals surface area contributed by atoms with Crippen LogP contribution in [-0.4, -0.2) is 4.57 Å². The minimum atomic E-state index is -3.03. The monoisotopic (exact) mass is 623 g/mol. The molecule has 0 radical (unpaired) electrons. The summed E-state index contributed by atoms with van der Waals surface area (Å²) in [7, 11) is -3.03. The zero-order chi connectivity index (χ0) is 30.4. The summed E-state index contributed by atoms with van der Waals surface area (Å²) in [4.78, 5) is 0. The van der Waals surface area contributed by atoms with E-state index in [1.807, 2.05) is 47.7 Å². The maximum Gasteiger partial charge on any atom is 0.172 e. The van der Waals surface area contributed by atoms with Gasteiger partial charge in [-0.25, -0.2) is 0 Å². The van der Waals surface area contributed by atoms with Gasteiger partial charge in [0.1, 0.15) is 0 Å². The number of benzene rings is 7. The number of fused-ring (bicyclic) bond motifs is 9. The van der Waals surface area contributed by atoms with Gasteiger partial charge in [-0.3, -0.25) is 0 Å². The third-order valence-electron chi connectivity index (χ3n) is 9.62. The summed E-state index contributed by atoms with van der Waals surface area (Å²) in [6.07, 6.45) is 0. The van der Waals surface area contributed by atoms with Gasteiger partial charge in [0.2, 0.25) is 0 Å². The molecule has 0 N–H and O–H groups in total. The summed E-state index contributed by atoms with van der Waals surface area (Å²) >= 11 is 1.86. The van der Waals surface area contributed by atoms with Crippen LogP contribution in [0, 0.1) is 0 Å². The standard InChI is InChI=1S/C42H26NOPS/c44-45(29-11-2-1-3-12-29)39-19-8-5-14-32(39)36-25-38-35(26-40(36)45)31-13-4-7-18-37(31)43(38)28-23-21-27(22-24-28)30-16-10-17-34-33-15-6-9-20-41(33)46-42(30)34/h1-26H. The smallest absolute Gasteiger partial charge is 0.172 e. The van der Waals surface area contributed by atoms with Crippen LogP contribution in [0.1, 0.15) is 0 Å². The molecule has 46 heavy (non-hydrogen) atoms. The van der Waals surface area contributed by atoms with Crippen molar-refractivity contribution >= 4 is 76.4 Å². The maximum atomic E-state index is 15.2. The van der Waals surface area contributed by atoms with Crippen LogP contribution < -0.4 is 15.9 Å². The highest BCUT2D eigenvalue weighted by atomic mass is 32.1. The van der Waals surface area contributed by atoms with E-state index in [2.05, 4.69) is 126 Å². The van der Waals surface area contributed by atoms with Gasteiger partial charge in [0.25, 0.3) is 0 Å². The lowest BCUT2D eigenvalue weighted by molar-refractivity contribution is 0.593. The van der Waals surface area contributed by atoms with Gasteiger partial charge >= 0.3 is 0 Å². The lowest BCUT2D eigenvalue weighted by Crippen LogP contribution is -2.20. The van der Waals surface area contributed by atoms with Gasteiger partial charge in [-0.05, 0) is 58.7 Å².